The lowest BCUT2D eigenvalue weighted by atomic mass is 9.63. The van der Waals surface area contributed by atoms with Gasteiger partial charge in [-0.05, 0) is 82.3 Å². The van der Waals surface area contributed by atoms with Gasteiger partial charge in [0, 0.05) is 18.1 Å². The van der Waals surface area contributed by atoms with E-state index in [1.54, 1.807) is 0 Å². The molecule has 2 atom stereocenters. The fraction of sp³-hybridized carbons (Fsp3) is 0.692. The van der Waals surface area contributed by atoms with Crippen molar-refractivity contribution in [1.82, 2.24) is 0 Å². The molecule has 0 aliphatic carbocycles. The van der Waals surface area contributed by atoms with Gasteiger partial charge in [0.05, 0.1) is 11.2 Å². The average molecular weight is 490 g/mol. The summed E-state index contributed by atoms with van der Waals surface area (Å²) in [6.07, 6.45) is 0.705. The van der Waals surface area contributed by atoms with Crippen LogP contribution in [0.3, 0.4) is 0 Å². The Morgan fingerprint density at radius 1 is 1.09 bits per heavy atom. The van der Waals surface area contributed by atoms with E-state index in [0.29, 0.717) is 18.8 Å². The summed E-state index contributed by atoms with van der Waals surface area (Å²) in [6.45, 7) is 26.8. The number of ether oxygens (including phenoxy) is 2. The van der Waals surface area contributed by atoms with Crippen LogP contribution in [-0.4, -0.2) is 40.0 Å². The summed E-state index contributed by atoms with van der Waals surface area (Å²) in [7, 11) is -2.45. The van der Waals surface area contributed by atoms with Gasteiger partial charge in [-0.15, -0.1) is 6.58 Å². The summed E-state index contributed by atoms with van der Waals surface area (Å²) in [5, 5.41) is 0.134. The van der Waals surface area contributed by atoms with E-state index in [9.17, 15) is 0 Å². The Bertz CT molecular complexity index is 906. The third-order valence-corrected chi connectivity index (χ3v) is 12.9. The fourth-order valence-electron chi connectivity index (χ4n) is 4.11. The standard InChI is InChI=1S/C26H44BNO5Si/c1-18(27-32-24(5,6)25(7,8)33-27)20(14-15-31-34(10,11)23(2,3)4)26(9,28)19-12-13-21-22(16-19)30-17-29-21/h12-13,16,20H,1,14-15,17,28H2,2-11H3/t20-,26-/m0/s1. The van der Waals surface area contributed by atoms with Crippen molar-refractivity contribution in [3.05, 3.63) is 35.8 Å². The molecule has 0 aromatic heterocycles. The van der Waals surface area contributed by atoms with E-state index in [1.807, 2.05) is 25.1 Å². The van der Waals surface area contributed by atoms with Crippen LogP contribution in [0.2, 0.25) is 18.1 Å². The lowest BCUT2D eigenvalue weighted by Crippen LogP contribution is -2.47. The number of hydrogen-bond acceptors (Lipinski definition) is 6. The topological polar surface area (TPSA) is 72.2 Å². The minimum Gasteiger partial charge on any atom is -0.454 e. The van der Waals surface area contributed by atoms with Crippen molar-refractivity contribution in [1.29, 1.82) is 0 Å². The van der Waals surface area contributed by atoms with Gasteiger partial charge in [-0.3, -0.25) is 0 Å². The van der Waals surface area contributed by atoms with Crippen molar-refractivity contribution in [2.24, 2.45) is 11.7 Å². The number of benzene rings is 1. The maximum Gasteiger partial charge on any atom is 0.490 e. The monoisotopic (exact) mass is 489 g/mol. The molecule has 6 nitrogen and oxygen atoms in total. The molecule has 2 aliphatic heterocycles. The highest BCUT2D eigenvalue weighted by Gasteiger charge is 2.54. The molecule has 2 aliphatic rings. The third-order valence-electron chi connectivity index (χ3n) is 8.40. The average Bonchev–Trinajstić information content (AvgIpc) is 3.24. The maximum absolute atomic E-state index is 7.10. The SMILES string of the molecule is C=C(B1OC(C)(C)C(C)(C)O1)[C@H](CCO[Si](C)(C)C(C)(C)C)[C@@](C)(N)c1ccc2c(c1)OCO2. The van der Waals surface area contributed by atoms with Crippen LogP contribution in [0.25, 0.3) is 0 Å². The van der Waals surface area contributed by atoms with Crippen LogP contribution in [0.4, 0.5) is 0 Å². The van der Waals surface area contributed by atoms with Crippen LogP contribution in [0.1, 0.15) is 67.4 Å². The molecule has 190 valence electrons. The Kier molecular flexibility index (Phi) is 7.19. The predicted octanol–water partition coefficient (Wildman–Crippen LogP) is 5.80. The van der Waals surface area contributed by atoms with Crippen molar-refractivity contribution >= 4 is 15.4 Å². The summed E-state index contributed by atoms with van der Waals surface area (Å²) in [4.78, 5) is 0. The minimum atomic E-state index is -1.91. The first-order valence-electron chi connectivity index (χ1n) is 12.3. The molecule has 0 amide bonds. The molecule has 2 N–H and O–H groups in total. The first-order chi connectivity index (χ1) is 15.4. The van der Waals surface area contributed by atoms with Crippen molar-refractivity contribution in [2.75, 3.05) is 13.4 Å². The summed E-state index contributed by atoms with van der Waals surface area (Å²) < 4.78 is 30.4. The molecule has 0 saturated carbocycles. The van der Waals surface area contributed by atoms with E-state index < -0.39 is 32.2 Å². The lowest BCUT2D eigenvalue weighted by molar-refractivity contribution is 0.00578. The molecule has 1 aromatic rings. The first kappa shape index (κ1) is 27.3. The highest BCUT2D eigenvalue weighted by Crippen LogP contribution is 2.45. The zero-order valence-corrected chi connectivity index (χ0v) is 23.8. The highest BCUT2D eigenvalue weighted by atomic mass is 28.4. The molecule has 0 bridgehead atoms. The Hall–Kier alpha value is -1.32. The van der Waals surface area contributed by atoms with Gasteiger partial charge in [-0.25, -0.2) is 0 Å². The fourth-order valence-corrected chi connectivity index (χ4v) is 5.17. The van der Waals surface area contributed by atoms with E-state index in [1.165, 1.54) is 0 Å². The van der Waals surface area contributed by atoms with Crippen LogP contribution in [0, 0.1) is 5.92 Å². The van der Waals surface area contributed by atoms with Gasteiger partial charge in [-0.1, -0.05) is 26.8 Å². The third kappa shape index (κ3) is 5.12. The molecule has 0 radical (unpaired) electrons. The second-order valence-electron chi connectivity index (χ2n) is 12.5. The van der Waals surface area contributed by atoms with Gasteiger partial charge >= 0.3 is 7.12 Å². The second kappa shape index (κ2) is 8.96. The van der Waals surface area contributed by atoms with E-state index in [2.05, 4.69) is 68.1 Å². The molecule has 8 heteroatoms. The van der Waals surface area contributed by atoms with Crippen molar-refractivity contribution in [3.63, 3.8) is 0 Å². The Morgan fingerprint density at radius 3 is 2.21 bits per heavy atom. The van der Waals surface area contributed by atoms with E-state index in [4.69, 9.17) is 28.9 Å². The lowest BCUT2D eigenvalue weighted by Gasteiger charge is -2.39. The van der Waals surface area contributed by atoms with Crippen LogP contribution in [-0.2, 0) is 19.3 Å². The zero-order valence-electron chi connectivity index (χ0n) is 22.8. The molecule has 34 heavy (non-hydrogen) atoms. The van der Waals surface area contributed by atoms with Crippen molar-refractivity contribution < 1.29 is 23.2 Å². The summed E-state index contributed by atoms with van der Waals surface area (Å²) in [5.74, 6) is 1.31. The summed E-state index contributed by atoms with van der Waals surface area (Å²) >= 11 is 0. The zero-order chi connectivity index (χ0) is 25.7. The van der Waals surface area contributed by atoms with Crippen molar-refractivity contribution in [2.45, 2.75) is 96.7 Å². The molecule has 2 heterocycles. The van der Waals surface area contributed by atoms with Crippen molar-refractivity contribution in [3.8, 4) is 11.5 Å². The largest absolute Gasteiger partial charge is 0.490 e. The van der Waals surface area contributed by atoms with Gasteiger partial charge < -0.3 is 28.9 Å². The van der Waals surface area contributed by atoms with Gasteiger partial charge in [-0.2, -0.15) is 0 Å². The maximum atomic E-state index is 7.10. The Balaban J connectivity index is 1.89. The first-order valence-corrected chi connectivity index (χ1v) is 15.2. The van der Waals surface area contributed by atoms with Crippen LogP contribution >= 0.6 is 0 Å². The van der Waals surface area contributed by atoms with Crippen LogP contribution in [0.5, 0.6) is 11.5 Å². The van der Waals surface area contributed by atoms with Crippen LogP contribution in [0.15, 0.2) is 30.3 Å². The Morgan fingerprint density at radius 2 is 1.65 bits per heavy atom. The second-order valence-corrected chi connectivity index (χ2v) is 17.3. The van der Waals surface area contributed by atoms with Gasteiger partial charge in [0.1, 0.15) is 0 Å². The molecule has 1 fully saturated rings. The smallest absolute Gasteiger partial charge is 0.454 e. The van der Waals surface area contributed by atoms with E-state index >= 15 is 0 Å². The molecular weight excluding hydrogens is 445 g/mol. The van der Waals surface area contributed by atoms with Gasteiger partial charge in [0.15, 0.2) is 19.8 Å². The molecule has 0 unspecified atom stereocenters. The normalized spacial score (nSPS) is 21.9. The van der Waals surface area contributed by atoms with Gasteiger partial charge in [0.25, 0.3) is 0 Å². The minimum absolute atomic E-state index is 0.134. The number of rotatable bonds is 8. The summed E-state index contributed by atoms with van der Waals surface area (Å²) in [5.41, 5.74) is 7.23. The van der Waals surface area contributed by atoms with Gasteiger partial charge in [0.2, 0.25) is 6.79 Å². The summed E-state index contributed by atoms with van der Waals surface area (Å²) in [6, 6.07) is 5.90. The van der Waals surface area contributed by atoms with E-state index in [-0.39, 0.29) is 17.7 Å². The molecule has 3 rings (SSSR count). The van der Waals surface area contributed by atoms with Crippen LogP contribution < -0.4 is 15.2 Å². The van der Waals surface area contributed by atoms with E-state index in [0.717, 1.165) is 16.8 Å². The number of fused-ring (bicyclic) bond motifs is 1. The molecule has 1 saturated heterocycles. The molecule has 0 spiro atoms. The predicted molar refractivity (Wildman–Crippen MR) is 141 cm³/mol. The Labute approximate surface area is 207 Å². The molecule has 1 aromatic carbocycles. The quantitative estimate of drug-likeness (QED) is 0.465. The number of nitrogens with two attached hydrogens (primary N) is 1. The number of hydrogen-bond donors (Lipinski definition) is 1. The molecular formula is C26H44BNO5Si. The highest BCUT2D eigenvalue weighted by molar-refractivity contribution is 6.74.